The number of pyridine rings is 1. The molecule has 1 amide bonds. The average Bonchev–Trinajstić information content (AvgIpc) is 3.11. The topological polar surface area (TPSA) is 37.6 Å². The number of halogens is 3. The molecule has 0 saturated carbocycles. The molecule has 0 N–H and O–H groups in total. The maximum atomic E-state index is 12.8. The number of fused-ring (bicyclic) bond motifs is 1. The van der Waals surface area contributed by atoms with E-state index in [1.54, 1.807) is 22.7 Å². The fourth-order valence-electron chi connectivity index (χ4n) is 3.46. The van der Waals surface area contributed by atoms with E-state index < -0.39 is 12.1 Å². The Kier molecular flexibility index (Phi) is 4.37. The van der Waals surface area contributed by atoms with E-state index in [-0.39, 0.29) is 31.8 Å². The van der Waals surface area contributed by atoms with Crippen LogP contribution in [0, 0.1) is 5.92 Å². The lowest BCUT2D eigenvalue weighted by atomic mass is 9.96. The van der Waals surface area contributed by atoms with Gasteiger partial charge in [0.05, 0.1) is 17.2 Å². The van der Waals surface area contributed by atoms with Crippen LogP contribution >= 0.6 is 0 Å². The zero-order chi connectivity index (χ0) is 19.0. The van der Waals surface area contributed by atoms with Crippen molar-refractivity contribution in [2.45, 2.75) is 19.0 Å². The molecule has 1 aromatic carbocycles. The Balaban J connectivity index is 1.53. The van der Waals surface area contributed by atoms with Crippen molar-refractivity contribution < 1.29 is 18.0 Å². The monoisotopic (exact) mass is 373 g/mol. The summed E-state index contributed by atoms with van der Waals surface area (Å²) in [6.45, 7) is 0.250. The van der Waals surface area contributed by atoms with Crippen LogP contribution in [0.3, 0.4) is 0 Å². The molecule has 1 saturated heterocycles. The molecule has 27 heavy (non-hydrogen) atoms. The van der Waals surface area contributed by atoms with Crippen molar-refractivity contribution in [2.75, 3.05) is 13.1 Å². The van der Waals surface area contributed by atoms with Gasteiger partial charge in [-0.2, -0.15) is 13.2 Å². The lowest BCUT2D eigenvalue weighted by Gasteiger charge is -2.32. The molecular formula is C20H18F3N3O. The number of carbonyl (C=O) groups excluding carboxylic acids is 1. The molecule has 0 unspecified atom stereocenters. The molecule has 1 aliphatic heterocycles. The molecule has 0 bridgehead atoms. The van der Waals surface area contributed by atoms with Crippen LogP contribution in [0.2, 0.25) is 0 Å². The van der Waals surface area contributed by atoms with Crippen LogP contribution < -0.4 is 0 Å². The number of imidazole rings is 1. The molecular weight excluding hydrogens is 355 g/mol. The Morgan fingerprint density at radius 3 is 2.37 bits per heavy atom. The Bertz CT molecular complexity index is 958. The number of likely N-dealkylation sites (tertiary alicyclic amines) is 1. The van der Waals surface area contributed by atoms with Crippen molar-refractivity contribution in [1.82, 2.24) is 14.3 Å². The van der Waals surface area contributed by atoms with E-state index in [9.17, 15) is 18.0 Å². The Hall–Kier alpha value is -2.83. The number of amides is 1. The predicted octanol–water partition coefficient (Wildman–Crippen LogP) is 4.42. The first-order valence-corrected chi connectivity index (χ1v) is 8.82. The van der Waals surface area contributed by atoms with E-state index in [1.165, 1.54) is 4.90 Å². The SMILES string of the molecule is O=C(c1ccc2nc(-c3ccccc3)cn2c1)N1CCC(C(F)(F)F)CC1. The van der Waals surface area contributed by atoms with Crippen LogP contribution in [-0.4, -0.2) is 39.5 Å². The van der Waals surface area contributed by atoms with Gasteiger partial charge in [0.25, 0.3) is 5.91 Å². The molecule has 0 aliphatic carbocycles. The smallest absolute Gasteiger partial charge is 0.339 e. The second-order valence-electron chi connectivity index (χ2n) is 6.78. The highest BCUT2D eigenvalue weighted by molar-refractivity contribution is 5.94. The number of piperidine rings is 1. The lowest BCUT2D eigenvalue weighted by molar-refractivity contribution is -0.183. The molecule has 3 aromatic rings. The summed E-state index contributed by atoms with van der Waals surface area (Å²) < 4.78 is 40.2. The Morgan fingerprint density at radius 1 is 1.00 bits per heavy atom. The van der Waals surface area contributed by atoms with E-state index in [0.717, 1.165) is 11.3 Å². The third-order valence-corrected chi connectivity index (χ3v) is 5.01. The van der Waals surface area contributed by atoms with E-state index in [2.05, 4.69) is 4.98 Å². The summed E-state index contributed by atoms with van der Waals surface area (Å²) in [5.74, 6) is -1.56. The average molecular weight is 373 g/mol. The fourth-order valence-corrected chi connectivity index (χ4v) is 3.46. The van der Waals surface area contributed by atoms with E-state index in [4.69, 9.17) is 0 Å². The van der Waals surface area contributed by atoms with Crippen molar-refractivity contribution in [3.05, 3.63) is 60.4 Å². The summed E-state index contributed by atoms with van der Waals surface area (Å²) in [6.07, 6.45) is -0.732. The first kappa shape index (κ1) is 17.6. The molecule has 4 nitrogen and oxygen atoms in total. The molecule has 7 heteroatoms. The summed E-state index contributed by atoms with van der Waals surface area (Å²) in [6, 6.07) is 13.1. The summed E-state index contributed by atoms with van der Waals surface area (Å²) in [7, 11) is 0. The zero-order valence-electron chi connectivity index (χ0n) is 14.5. The van der Waals surface area contributed by atoms with Crippen LogP contribution in [-0.2, 0) is 0 Å². The van der Waals surface area contributed by atoms with Gasteiger partial charge in [-0.15, -0.1) is 0 Å². The molecule has 0 radical (unpaired) electrons. The van der Waals surface area contributed by atoms with Crippen molar-refractivity contribution in [3.8, 4) is 11.3 Å². The maximum absolute atomic E-state index is 12.8. The second-order valence-corrected chi connectivity index (χ2v) is 6.78. The standard InChI is InChI=1S/C20H18F3N3O/c21-20(22,23)16-8-10-25(11-9-16)19(27)15-6-7-18-24-17(13-26(18)12-15)14-4-2-1-3-5-14/h1-7,12-13,16H,8-11H2. The molecule has 1 fully saturated rings. The molecule has 140 valence electrons. The van der Waals surface area contributed by atoms with Crippen LogP contribution in [0.5, 0.6) is 0 Å². The molecule has 2 aromatic heterocycles. The lowest BCUT2D eigenvalue weighted by Crippen LogP contribution is -2.42. The van der Waals surface area contributed by atoms with Crippen molar-refractivity contribution in [3.63, 3.8) is 0 Å². The largest absolute Gasteiger partial charge is 0.391 e. The molecule has 1 aliphatic rings. The molecule has 3 heterocycles. The number of hydrogen-bond acceptors (Lipinski definition) is 2. The quantitative estimate of drug-likeness (QED) is 0.667. The number of benzene rings is 1. The summed E-state index contributed by atoms with van der Waals surface area (Å²) in [4.78, 5) is 18.7. The number of nitrogens with zero attached hydrogens (tertiary/aromatic N) is 3. The minimum Gasteiger partial charge on any atom is -0.339 e. The number of aromatic nitrogens is 2. The minimum absolute atomic E-state index is 0.0410. The van der Waals surface area contributed by atoms with Crippen molar-refractivity contribution >= 4 is 11.6 Å². The van der Waals surface area contributed by atoms with Crippen LogP contribution in [0.15, 0.2) is 54.9 Å². The first-order chi connectivity index (χ1) is 12.9. The van der Waals surface area contributed by atoms with Crippen LogP contribution in [0.4, 0.5) is 13.2 Å². The normalized spacial score (nSPS) is 16.0. The number of rotatable bonds is 2. The summed E-state index contributed by atoms with van der Waals surface area (Å²) in [5, 5.41) is 0. The van der Waals surface area contributed by atoms with E-state index in [0.29, 0.717) is 11.2 Å². The third kappa shape index (κ3) is 3.54. The summed E-state index contributed by atoms with van der Waals surface area (Å²) in [5.41, 5.74) is 2.93. The molecule has 0 atom stereocenters. The van der Waals surface area contributed by atoms with Gasteiger partial charge < -0.3 is 9.30 Å². The van der Waals surface area contributed by atoms with Gasteiger partial charge in [-0.3, -0.25) is 4.79 Å². The van der Waals surface area contributed by atoms with Gasteiger partial charge in [-0.25, -0.2) is 4.98 Å². The molecule has 0 spiro atoms. The highest BCUT2D eigenvalue weighted by Gasteiger charge is 2.41. The van der Waals surface area contributed by atoms with Gasteiger partial charge in [0, 0.05) is 31.0 Å². The van der Waals surface area contributed by atoms with Gasteiger partial charge in [0.15, 0.2) is 0 Å². The van der Waals surface area contributed by atoms with Gasteiger partial charge in [-0.1, -0.05) is 30.3 Å². The van der Waals surface area contributed by atoms with Gasteiger partial charge in [-0.05, 0) is 25.0 Å². The number of hydrogen-bond donors (Lipinski definition) is 0. The summed E-state index contributed by atoms with van der Waals surface area (Å²) >= 11 is 0. The van der Waals surface area contributed by atoms with E-state index >= 15 is 0 Å². The van der Waals surface area contributed by atoms with Gasteiger partial charge >= 0.3 is 6.18 Å². The number of alkyl halides is 3. The Morgan fingerprint density at radius 2 is 1.70 bits per heavy atom. The highest BCUT2D eigenvalue weighted by Crippen LogP contribution is 2.34. The second kappa shape index (κ2) is 6.72. The Labute approximate surface area is 154 Å². The molecule has 4 rings (SSSR count). The van der Waals surface area contributed by atoms with Crippen molar-refractivity contribution in [2.24, 2.45) is 5.92 Å². The van der Waals surface area contributed by atoms with E-state index in [1.807, 2.05) is 36.5 Å². The predicted molar refractivity (Wildman–Crippen MR) is 95.3 cm³/mol. The fraction of sp³-hybridized carbons (Fsp3) is 0.300. The van der Waals surface area contributed by atoms with Gasteiger partial charge in [0.2, 0.25) is 0 Å². The highest BCUT2D eigenvalue weighted by atomic mass is 19.4. The van der Waals surface area contributed by atoms with Crippen LogP contribution in [0.25, 0.3) is 16.9 Å². The maximum Gasteiger partial charge on any atom is 0.391 e. The third-order valence-electron chi connectivity index (χ3n) is 5.01. The minimum atomic E-state index is -4.18. The van der Waals surface area contributed by atoms with Crippen molar-refractivity contribution in [1.29, 1.82) is 0 Å². The van der Waals surface area contributed by atoms with Crippen LogP contribution in [0.1, 0.15) is 23.2 Å². The van der Waals surface area contributed by atoms with Gasteiger partial charge in [0.1, 0.15) is 5.65 Å². The first-order valence-electron chi connectivity index (χ1n) is 8.82. The number of carbonyl (C=O) groups is 1. The zero-order valence-corrected chi connectivity index (χ0v) is 14.5.